The Morgan fingerprint density at radius 3 is 2.49 bits per heavy atom. The Balaban J connectivity index is 1.63. The molecule has 0 aliphatic carbocycles. The maximum Gasteiger partial charge on any atom is 0.411 e. The fourth-order valence-corrected chi connectivity index (χ4v) is 5.06. The van der Waals surface area contributed by atoms with E-state index in [0.29, 0.717) is 38.7 Å². The maximum atomic E-state index is 13.0. The molecule has 1 aromatic heterocycles. The van der Waals surface area contributed by atoms with Crippen molar-refractivity contribution in [2.24, 2.45) is 0 Å². The van der Waals surface area contributed by atoms with Crippen molar-refractivity contribution in [3.8, 4) is 5.75 Å². The van der Waals surface area contributed by atoms with Gasteiger partial charge < -0.3 is 19.5 Å². The van der Waals surface area contributed by atoms with Crippen LogP contribution in [0.25, 0.3) is 0 Å². The van der Waals surface area contributed by atoms with Crippen LogP contribution in [0.3, 0.4) is 0 Å². The molecule has 0 saturated carbocycles. The van der Waals surface area contributed by atoms with Crippen LogP contribution in [0.15, 0.2) is 36.5 Å². The molecule has 1 aromatic carbocycles. The minimum Gasteiger partial charge on any atom is -0.487 e. The Morgan fingerprint density at radius 2 is 1.89 bits per heavy atom. The molecule has 2 aromatic rings. The van der Waals surface area contributed by atoms with Crippen LogP contribution in [-0.4, -0.2) is 64.3 Å². The fraction of sp³-hybridized carbons (Fsp3) is 0.440. The molecule has 0 radical (unpaired) electrons. The van der Waals surface area contributed by atoms with Gasteiger partial charge in [-0.25, -0.2) is 9.59 Å². The second-order valence-corrected chi connectivity index (χ2v) is 11.0. The second kappa shape index (κ2) is 12.7. The number of nitrogens with zero attached hydrogens (tertiary/aromatic N) is 2. The summed E-state index contributed by atoms with van der Waals surface area (Å²) in [5.74, 6) is 0.0901. The number of aromatic nitrogens is 1. The SMILES string of the molecule is COC(=O)C(Cc1ccc(OCc2c(Cl)cccc2Cl)cn1)NC(=O)C1CSCN1C(=O)OC(C)(C)C. The van der Waals surface area contributed by atoms with E-state index in [0.717, 1.165) is 0 Å². The Morgan fingerprint density at radius 1 is 1.19 bits per heavy atom. The summed E-state index contributed by atoms with van der Waals surface area (Å²) in [6.45, 7) is 5.43. The van der Waals surface area contributed by atoms with Crippen molar-refractivity contribution in [1.82, 2.24) is 15.2 Å². The molecule has 2 unspecified atom stereocenters. The molecule has 1 aliphatic heterocycles. The molecule has 0 bridgehead atoms. The van der Waals surface area contributed by atoms with Gasteiger partial charge in [-0.3, -0.25) is 14.7 Å². The van der Waals surface area contributed by atoms with Gasteiger partial charge in [0, 0.05) is 33.5 Å². The molecule has 2 amide bonds. The zero-order valence-corrected chi connectivity index (χ0v) is 23.3. The highest BCUT2D eigenvalue weighted by atomic mass is 35.5. The van der Waals surface area contributed by atoms with E-state index >= 15 is 0 Å². The van der Waals surface area contributed by atoms with E-state index in [2.05, 4.69) is 10.3 Å². The summed E-state index contributed by atoms with van der Waals surface area (Å²) in [5, 5.41) is 3.70. The summed E-state index contributed by atoms with van der Waals surface area (Å²) in [5.41, 5.74) is 0.499. The highest BCUT2D eigenvalue weighted by Gasteiger charge is 2.38. The first-order valence-corrected chi connectivity index (χ1v) is 13.4. The lowest BCUT2D eigenvalue weighted by Crippen LogP contribution is -2.53. The van der Waals surface area contributed by atoms with Crippen molar-refractivity contribution in [2.45, 2.75) is 51.5 Å². The number of pyridine rings is 1. The quantitative estimate of drug-likeness (QED) is 0.464. The van der Waals surface area contributed by atoms with Crippen molar-refractivity contribution in [1.29, 1.82) is 0 Å². The largest absolute Gasteiger partial charge is 0.487 e. The number of rotatable bonds is 8. The molecule has 200 valence electrons. The van der Waals surface area contributed by atoms with Crippen LogP contribution in [0.2, 0.25) is 10.0 Å². The molecule has 0 spiro atoms. The number of nitrogens with one attached hydrogen (secondary N) is 1. The number of halogens is 2. The van der Waals surface area contributed by atoms with Gasteiger partial charge in [0.2, 0.25) is 5.91 Å². The van der Waals surface area contributed by atoms with Crippen LogP contribution < -0.4 is 10.1 Å². The van der Waals surface area contributed by atoms with Gasteiger partial charge in [0.25, 0.3) is 0 Å². The normalized spacial score (nSPS) is 16.2. The van der Waals surface area contributed by atoms with Crippen LogP contribution >= 0.6 is 35.0 Å². The maximum absolute atomic E-state index is 13.0. The number of ether oxygens (including phenoxy) is 3. The van der Waals surface area contributed by atoms with Gasteiger partial charge in [-0.2, -0.15) is 0 Å². The van der Waals surface area contributed by atoms with Gasteiger partial charge in [-0.15, -0.1) is 11.8 Å². The van der Waals surface area contributed by atoms with E-state index in [4.69, 9.17) is 37.4 Å². The predicted molar refractivity (Wildman–Crippen MR) is 142 cm³/mol. The smallest absolute Gasteiger partial charge is 0.411 e. The lowest BCUT2D eigenvalue weighted by molar-refractivity contribution is -0.145. The van der Waals surface area contributed by atoms with Gasteiger partial charge in [-0.05, 0) is 45.0 Å². The molecule has 1 fully saturated rings. The van der Waals surface area contributed by atoms with Crippen LogP contribution in [0.5, 0.6) is 5.75 Å². The van der Waals surface area contributed by atoms with Crippen molar-refractivity contribution in [3.63, 3.8) is 0 Å². The van der Waals surface area contributed by atoms with Crippen LogP contribution in [-0.2, 0) is 32.1 Å². The lowest BCUT2D eigenvalue weighted by atomic mass is 10.1. The minimum atomic E-state index is -0.996. The Hall–Kier alpha value is -2.69. The molecule has 3 rings (SSSR count). The zero-order chi connectivity index (χ0) is 27.2. The average molecular weight is 570 g/mol. The second-order valence-electron chi connectivity index (χ2n) is 9.23. The summed E-state index contributed by atoms with van der Waals surface area (Å²) < 4.78 is 16.0. The highest BCUT2D eigenvalue weighted by molar-refractivity contribution is 7.99. The minimum absolute atomic E-state index is 0.0847. The van der Waals surface area contributed by atoms with Gasteiger partial charge >= 0.3 is 12.1 Å². The third kappa shape index (κ3) is 8.15. The number of esters is 1. The van der Waals surface area contributed by atoms with E-state index in [-0.39, 0.29) is 13.0 Å². The van der Waals surface area contributed by atoms with Gasteiger partial charge in [0.15, 0.2) is 0 Å². The molecule has 1 N–H and O–H groups in total. The fourth-order valence-electron chi connectivity index (χ4n) is 3.42. The average Bonchev–Trinajstić information content (AvgIpc) is 3.33. The molecule has 37 heavy (non-hydrogen) atoms. The topological polar surface area (TPSA) is 107 Å². The molecule has 12 heteroatoms. The van der Waals surface area contributed by atoms with E-state index < -0.39 is 35.7 Å². The standard InChI is InChI=1S/C25H29Cl2N3O6S/c1-25(2,3)36-24(33)30-14-37-13-21(30)22(31)29-20(23(32)34-4)10-15-8-9-16(11-28-15)35-12-17-18(26)6-5-7-19(17)27/h5-9,11,20-21H,10,12-14H2,1-4H3,(H,29,31). The first-order valence-electron chi connectivity index (χ1n) is 11.4. The molecule has 2 heterocycles. The molecule has 1 aliphatic rings. The van der Waals surface area contributed by atoms with E-state index in [9.17, 15) is 14.4 Å². The monoisotopic (exact) mass is 569 g/mol. The van der Waals surface area contributed by atoms with Crippen molar-refractivity contribution < 1.29 is 28.6 Å². The first-order chi connectivity index (χ1) is 17.5. The summed E-state index contributed by atoms with van der Waals surface area (Å²) in [7, 11) is 1.24. The first kappa shape index (κ1) is 28.9. The van der Waals surface area contributed by atoms with E-state index in [1.807, 2.05) is 0 Å². The number of carbonyl (C=O) groups is 3. The molecular weight excluding hydrogens is 541 g/mol. The number of benzene rings is 1. The van der Waals surface area contributed by atoms with Gasteiger partial charge in [-0.1, -0.05) is 29.3 Å². The summed E-state index contributed by atoms with van der Waals surface area (Å²) in [4.78, 5) is 43.7. The number of methoxy groups -OCH3 is 1. The van der Waals surface area contributed by atoms with Crippen LogP contribution in [0.4, 0.5) is 4.79 Å². The van der Waals surface area contributed by atoms with Crippen molar-refractivity contribution in [2.75, 3.05) is 18.7 Å². The summed E-state index contributed by atoms with van der Waals surface area (Å²) >= 11 is 13.8. The number of carbonyl (C=O) groups excluding carboxylic acids is 3. The van der Waals surface area contributed by atoms with Gasteiger partial charge in [0.1, 0.15) is 30.0 Å². The number of thioether (sulfide) groups is 1. The van der Waals surface area contributed by atoms with Crippen LogP contribution in [0.1, 0.15) is 32.0 Å². The third-order valence-corrected chi connectivity index (χ3v) is 6.99. The Labute approximate surface area is 230 Å². The lowest BCUT2D eigenvalue weighted by Gasteiger charge is -2.28. The van der Waals surface area contributed by atoms with E-state index in [1.165, 1.54) is 30.0 Å². The van der Waals surface area contributed by atoms with Crippen LogP contribution in [0, 0.1) is 0 Å². The summed E-state index contributed by atoms with van der Waals surface area (Å²) in [6, 6.07) is 6.82. The van der Waals surface area contributed by atoms with E-state index in [1.54, 1.807) is 51.1 Å². The number of hydrogen-bond donors (Lipinski definition) is 1. The van der Waals surface area contributed by atoms with Crippen molar-refractivity contribution >= 4 is 52.9 Å². The molecule has 1 saturated heterocycles. The zero-order valence-electron chi connectivity index (χ0n) is 21.0. The number of amides is 2. The Kier molecular flexibility index (Phi) is 9.92. The molecule has 2 atom stereocenters. The third-order valence-electron chi connectivity index (χ3n) is 5.27. The number of hydrogen-bond acceptors (Lipinski definition) is 8. The van der Waals surface area contributed by atoms with Gasteiger partial charge in [0.05, 0.1) is 19.2 Å². The summed E-state index contributed by atoms with van der Waals surface area (Å²) in [6.07, 6.45) is 1.01. The molecular formula is C25H29Cl2N3O6S. The molecule has 9 nitrogen and oxygen atoms in total. The highest BCUT2D eigenvalue weighted by Crippen LogP contribution is 2.26. The predicted octanol–water partition coefficient (Wildman–Crippen LogP) is 4.48. The Bertz CT molecular complexity index is 1110. The van der Waals surface area contributed by atoms with Crippen molar-refractivity contribution in [3.05, 3.63) is 57.8 Å².